The van der Waals surface area contributed by atoms with Gasteiger partial charge in [0.05, 0.1) is 0 Å². The zero-order valence-electron chi connectivity index (χ0n) is 11.8. The van der Waals surface area contributed by atoms with Crippen molar-refractivity contribution in [2.45, 2.75) is 19.9 Å². The van der Waals surface area contributed by atoms with Gasteiger partial charge in [-0.15, -0.1) is 6.04 Å². The van der Waals surface area contributed by atoms with Gasteiger partial charge in [0.1, 0.15) is 11.6 Å². The monoisotopic (exact) mass is 285 g/mol. The Morgan fingerprint density at radius 1 is 0.850 bits per heavy atom. The van der Waals surface area contributed by atoms with E-state index in [1.165, 1.54) is 12.1 Å². The van der Waals surface area contributed by atoms with Crippen LogP contribution in [-0.4, -0.2) is 6.04 Å². The first kappa shape index (κ1) is 17.3. The molecule has 0 spiro atoms. The maximum absolute atomic E-state index is 13.9. The van der Waals surface area contributed by atoms with Gasteiger partial charge in [0.15, 0.2) is 0 Å². The molecule has 2 aromatic rings. The van der Waals surface area contributed by atoms with E-state index in [-0.39, 0.29) is 36.5 Å². The maximum atomic E-state index is 13.9. The third kappa shape index (κ3) is 4.14. The van der Waals surface area contributed by atoms with E-state index in [0.29, 0.717) is 10.6 Å². The molecule has 0 unspecified atom stereocenters. The second kappa shape index (κ2) is 7.91. The summed E-state index contributed by atoms with van der Waals surface area (Å²) < 4.78 is 27.9. The van der Waals surface area contributed by atoms with Crippen LogP contribution in [0, 0.1) is 11.6 Å². The standard InChI is InChI=1S/C15H15F2NP.Li/c1-11(2)18-19(14-9-5-3-7-12(14)16)15-10-6-4-8-13(15)17;/h3-11H,1-2H3;/q-1;+1. The molecule has 0 amide bonds. The largest absolute Gasteiger partial charge is 1.00 e. The number of halogens is 2. The van der Waals surface area contributed by atoms with E-state index in [1.54, 1.807) is 36.4 Å². The molecule has 0 aliphatic carbocycles. The minimum atomic E-state index is -1.36. The van der Waals surface area contributed by atoms with Crippen molar-refractivity contribution < 1.29 is 27.6 Å². The van der Waals surface area contributed by atoms with E-state index in [0.717, 1.165) is 0 Å². The summed E-state index contributed by atoms with van der Waals surface area (Å²) in [7, 11) is -1.36. The van der Waals surface area contributed by atoms with E-state index in [4.69, 9.17) is 0 Å². The summed E-state index contributed by atoms with van der Waals surface area (Å²) in [5.74, 6) is -0.664. The topological polar surface area (TPSA) is 14.1 Å². The van der Waals surface area contributed by atoms with Crippen molar-refractivity contribution in [1.82, 2.24) is 0 Å². The van der Waals surface area contributed by atoms with Crippen molar-refractivity contribution in [2.75, 3.05) is 0 Å². The molecule has 5 heteroatoms. The Labute approximate surface area is 131 Å². The third-order valence-corrected chi connectivity index (χ3v) is 4.84. The SMILES string of the molecule is CC(C)[N-]P(c1ccccc1F)c1ccccc1F.[Li+]. The molecule has 0 radical (unpaired) electrons. The number of benzene rings is 2. The van der Waals surface area contributed by atoms with Crippen LogP contribution in [0.25, 0.3) is 5.09 Å². The Balaban J connectivity index is 0.00000200. The van der Waals surface area contributed by atoms with Crippen LogP contribution in [0.1, 0.15) is 13.8 Å². The quantitative estimate of drug-likeness (QED) is 0.590. The van der Waals surface area contributed by atoms with Crippen LogP contribution in [0.15, 0.2) is 48.5 Å². The molecule has 2 aromatic carbocycles. The Kier molecular flexibility index (Phi) is 6.86. The van der Waals surface area contributed by atoms with E-state index in [2.05, 4.69) is 5.09 Å². The number of hydrogen-bond donors (Lipinski definition) is 0. The molecule has 0 fully saturated rings. The molecule has 0 saturated carbocycles. The molecular weight excluding hydrogens is 270 g/mol. The second-order valence-electron chi connectivity index (χ2n) is 4.42. The smallest absolute Gasteiger partial charge is 0.626 e. The van der Waals surface area contributed by atoms with Crippen molar-refractivity contribution in [3.8, 4) is 0 Å². The zero-order chi connectivity index (χ0) is 13.8. The number of rotatable bonds is 4. The van der Waals surface area contributed by atoms with Crippen molar-refractivity contribution >= 4 is 18.7 Å². The van der Waals surface area contributed by atoms with Crippen LogP contribution in [0.2, 0.25) is 0 Å². The van der Waals surface area contributed by atoms with Gasteiger partial charge in [0.25, 0.3) is 0 Å². The molecule has 1 nitrogen and oxygen atoms in total. The van der Waals surface area contributed by atoms with Crippen molar-refractivity contribution in [2.24, 2.45) is 0 Å². The average molecular weight is 285 g/mol. The van der Waals surface area contributed by atoms with E-state index >= 15 is 0 Å². The second-order valence-corrected chi connectivity index (χ2v) is 6.24. The Morgan fingerprint density at radius 2 is 1.25 bits per heavy atom. The fourth-order valence-electron chi connectivity index (χ4n) is 1.73. The van der Waals surface area contributed by atoms with E-state index in [1.807, 2.05) is 13.8 Å². The van der Waals surface area contributed by atoms with E-state index in [9.17, 15) is 8.78 Å². The van der Waals surface area contributed by atoms with Gasteiger partial charge in [0, 0.05) is 0 Å². The molecule has 0 N–H and O–H groups in total. The van der Waals surface area contributed by atoms with Crippen molar-refractivity contribution in [3.05, 3.63) is 65.3 Å². The van der Waals surface area contributed by atoms with Crippen LogP contribution < -0.4 is 29.5 Å². The first-order valence-corrected chi connectivity index (χ1v) is 7.39. The van der Waals surface area contributed by atoms with Crippen LogP contribution in [0.5, 0.6) is 0 Å². The van der Waals surface area contributed by atoms with Crippen LogP contribution >= 0.6 is 8.07 Å². The van der Waals surface area contributed by atoms with Gasteiger partial charge in [-0.05, 0) is 22.7 Å². The maximum Gasteiger partial charge on any atom is 1.00 e. The normalized spacial score (nSPS) is 10.7. The Morgan fingerprint density at radius 3 is 1.60 bits per heavy atom. The van der Waals surface area contributed by atoms with Crippen LogP contribution in [0.4, 0.5) is 8.78 Å². The van der Waals surface area contributed by atoms with Crippen LogP contribution in [-0.2, 0) is 0 Å². The van der Waals surface area contributed by atoms with E-state index < -0.39 is 8.07 Å². The van der Waals surface area contributed by atoms with Gasteiger partial charge in [-0.3, -0.25) is 0 Å². The van der Waals surface area contributed by atoms with Gasteiger partial charge >= 0.3 is 18.9 Å². The fourth-order valence-corrected chi connectivity index (χ4v) is 3.71. The molecule has 0 bridgehead atoms. The minimum absolute atomic E-state index is 0. The average Bonchev–Trinajstić information content (AvgIpc) is 2.37. The molecule has 20 heavy (non-hydrogen) atoms. The summed E-state index contributed by atoms with van der Waals surface area (Å²) in [6.45, 7) is 3.83. The molecule has 0 aromatic heterocycles. The molecule has 0 atom stereocenters. The zero-order valence-corrected chi connectivity index (χ0v) is 12.7. The summed E-state index contributed by atoms with van der Waals surface area (Å²) in [5.41, 5.74) is 0. The molecule has 2 rings (SSSR count). The minimum Gasteiger partial charge on any atom is -0.626 e. The van der Waals surface area contributed by atoms with Gasteiger partial charge in [-0.25, -0.2) is 8.78 Å². The molecule has 0 heterocycles. The summed E-state index contributed by atoms with van der Waals surface area (Å²) in [6.07, 6.45) is 0. The summed E-state index contributed by atoms with van der Waals surface area (Å²) in [6, 6.07) is 12.9. The van der Waals surface area contributed by atoms with Gasteiger partial charge in [0.2, 0.25) is 0 Å². The van der Waals surface area contributed by atoms with Crippen molar-refractivity contribution in [1.29, 1.82) is 0 Å². The molecule has 0 aliphatic heterocycles. The Hall–Kier alpha value is -0.713. The number of hydrogen-bond acceptors (Lipinski definition) is 0. The van der Waals surface area contributed by atoms with Crippen molar-refractivity contribution in [3.63, 3.8) is 0 Å². The van der Waals surface area contributed by atoms with Gasteiger partial charge in [-0.1, -0.05) is 50.2 Å². The molecular formula is C15H15F2LiNP. The van der Waals surface area contributed by atoms with Gasteiger partial charge in [-0.2, -0.15) is 8.07 Å². The summed E-state index contributed by atoms with van der Waals surface area (Å²) in [5, 5.41) is 5.46. The predicted molar refractivity (Wildman–Crippen MR) is 77.5 cm³/mol. The third-order valence-electron chi connectivity index (χ3n) is 2.51. The number of nitrogens with zero attached hydrogens (tertiary/aromatic N) is 1. The summed E-state index contributed by atoms with van der Waals surface area (Å²) >= 11 is 0. The molecule has 100 valence electrons. The summed E-state index contributed by atoms with van der Waals surface area (Å²) in [4.78, 5) is 0. The molecule has 0 aliphatic rings. The fraction of sp³-hybridized carbons (Fsp3) is 0.200. The Bertz CT molecular complexity index is 518. The molecule has 0 saturated heterocycles. The first-order chi connectivity index (χ1) is 9.09. The predicted octanol–water partition coefficient (Wildman–Crippen LogP) is 1.10. The van der Waals surface area contributed by atoms with Crippen LogP contribution in [0.3, 0.4) is 0 Å². The van der Waals surface area contributed by atoms with Gasteiger partial charge < -0.3 is 5.09 Å². The first-order valence-electron chi connectivity index (χ1n) is 6.09.